The molecule has 0 bridgehead atoms. The summed E-state index contributed by atoms with van der Waals surface area (Å²) in [5, 5.41) is 31.7. The van der Waals surface area contributed by atoms with Gasteiger partial charge in [0.15, 0.2) is 0 Å². The van der Waals surface area contributed by atoms with Crippen molar-refractivity contribution < 1.29 is 34.3 Å². The number of nitrogens with one attached hydrogen (secondary N) is 2. The van der Waals surface area contributed by atoms with E-state index < -0.39 is 42.4 Å². The summed E-state index contributed by atoms with van der Waals surface area (Å²) in [6.07, 6.45) is -0.340. The third-order valence-electron chi connectivity index (χ3n) is 2.40. The van der Waals surface area contributed by atoms with Gasteiger partial charge in [0, 0.05) is 6.42 Å². The van der Waals surface area contributed by atoms with Crippen LogP contribution in [-0.4, -0.2) is 58.3 Å². The van der Waals surface area contributed by atoms with Crippen LogP contribution in [0.15, 0.2) is 0 Å². The van der Waals surface area contributed by atoms with Crippen molar-refractivity contribution in [3.63, 3.8) is 0 Å². The van der Waals surface area contributed by atoms with E-state index in [0.29, 0.717) is 4.89 Å². The zero-order valence-electron chi connectivity index (χ0n) is 11.5. The van der Waals surface area contributed by atoms with Gasteiger partial charge in [-0.2, -0.15) is 0 Å². The Bertz CT molecular complexity index is 420. The van der Waals surface area contributed by atoms with Crippen LogP contribution in [0.5, 0.6) is 0 Å². The molecule has 0 aliphatic heterocycles. The molecule has 0 aliphatic rings. The van der Waals surface area contributed by atoms with Gasteiger partial charge in [-0.05, 0) is 6.42 Å². The van der Waals surface area contributed by atoms with Crippen molar-refractivity contribution in [1.82, 2.24) is 10.6 Å². The molecule has 0 aromatic carbocycles. The summed E-state index contributed by atoms with van der Waals surface area (Å²) >= 11 is 0.728. The maximum Gasteiger partial charge on any atom is 0.322 e. The number of carbonyl (C=O) groups excluding carboxylic acids is 2. The molecule has 126 valence electrons. The maximum atomic E-state index is 11.7. The minimum absolute atomic E-state index is 0.0777. The third kappa shape index (κ3) is 9.12. The molecule has 0 heterocycles. The number of hydrogen-bond donors (Lipinski definition) is 6. The van der Waals surface area contributed by atoms with Crippen molar-refractivity contribution in [3.8, 4) is 0 Å². The van der Waals surface area contributed by atoms with Gasteiger partial charge < -0.3 is 36.7 Å². The number of carboxylic acids is 2. The van der Waals surface area contributed by atoms with Crippen LogP contribution in [0.1, 0.15) is 12.8 Å². The van der Waals surface area contributed by atoms with E-state index in [4.69, 9.17) is 15.9 Å². The highest BCUT2D eigenvalue weighted by molar-refractivity contribution is 7.92. The van der Waals surface area contributed by atoms with Gasteiger partial charge >= 0.3 is 11.9 Å². The average molecular weight is 338 g/mol. The van der Waals surface area contributed by atoms with E-state index >= 15 is 0 Å². The van der Waals surface area contributed by atoms with Crippen LogP contribution in [0.25, 0.3) is 0 Å². The number of carbonyl (C=O) groups is 4. The number of hydrogen-bond acceptors (Lipinski definition) is 7. The second-order valence-electron chi connectivity index (χ2n) is 4.14. The fourth-order valence-corrected chi connectivity index (χ4v) is 1.79. The molecule has 12 heteroatoms. The zero-order valence-corrected chi connectivity index (χ0v) is 12.3. The van der Waals surface area contributed by atoms with E-state index in [1.165, 1.54) is 0 Å². The highest BCUT2D eigenvalue weighted by Crippen LogP contribution is 1.98. The van der Waals surface area contributed by atoms with E-state index in [-0.39, 0.29) is 18.6 Å². The average Bonchev–Trinajstić information content (AvgIpc) is 2.46. The number of quaternary nitrogens is 1. The molecular formula is C10H18N4O7S. The summed E-state index contributed by atoms with van der Waals surface area (Å²) in [4.78, 5) is 44.7. The minimum Gasteiger partial charge on any atom is -0.623 e. The molecule has 22 heavy (non-hydrogen) atoms. The van der Waals surface area contributed by atoms with Gasteiger partial charge in [-0.25, -0.2) is 0 Å². The predicted molar refractivity (Wildman–Crippen MR) is 75.2 cm³/mol. The molecule has 0 aromatic heterocycles. The van der Waals surface area contributed by atoms with Crippen molar-refractivity contribution in [3.05, 3.63) is 5.21 Å². The Morgan fingerprint density at radius 2 is 1.91 bits per heavy atom. The summed E-state index contributed by atoms with van der Waals surface area (Å²) in [7, 11) is 0. The number of rotatable bonds is 11. The molecule has 11 nitrogen and oxygen atoms in total. The first-order valence-electron chi connectivity index (χ1n) is 6.10. The van der Waals surface area contributed by atoms with E-state index in [9.17, 15) is 24.4 Å². The quantitative estimate of drug-likeness (QED) is 0.164. The Morgan fingerprint density at radius 3 is 2.41 bits per heavy atom. The van der Waals surface area contributed by atoms with Gasteiger partial charge in [0.25, 0.3) is 0 Å². The first kappa shape index (κ1) is 20.1. The van der Waals surface area contributed by atoms with Gasteiger partial charge in [-0.1, -0.05) is 0 Å². The lowest BCUT2D eigenvalue weighted by Crippen LogP contribution is -2.69. The van der Waals surface area contributed by atoms with Gasteiger partial charge in [-0.15, -0.1) is 0 Å². The van der Waals surface area contributed by atoms with Crippen molar-refractivity contribution in [2.24, 2.45) is 5.73 Å². The fourth-order valence-electron chi connectivity index (χ4n) is 1.28. The summed E-state index contributed by atoms with van der Waals surface area (Å²) in [6.45, 7) is -0.624. The standard InChI is InChI=1S/C10H18N4O7S/c11-5(10(19)20)1-2-7(15)13-6(4-22-14-21)9(18)12-3-8(16)17/h5-6H,1-4,11,14H2,(H,12,18)(H,13,15)(H,16,17)(H,19,20)/t5-,6-/m0/s1. The number of amides is 2. The Balaban J connectivity index is 4.43. The topological polar surface area (TPSA) is 198 Å². The molecule has 0 unspecified atom stereocenters. The fraction of sp³-hybridized carbons (Fsp3) is 0.600. The monoisotopic (exact) mass is 338 g/mol. The molecule has 2 atom stereocenters. The Kier molecular flexibility index (Phi) is 9.86. The molecule has 0 aromatic rings. The van der Waals surface area contributed by atoms with Gasteiger partial charge in [0.2, 0.25) is 11.8 Å². The van der Waals surface area contributed by atoms with Crippen LogP contribution in [0.4, 0.5) is 0 Å². The SMILES string of the molecule is N[C@@H](CCC(=O)N[C@@H](CS[NH2+][O-])C(=O)NCC(=O)O)C(=O)O. The van der Waals surface area contributed by atoms with Gasteiger partial charge in [0.05, 0.1) is 17.7 Å². The molecule has 0 rings (SSSR count). The second kappa shape index (κ2) is 10.8. The zero-order chi connectivity index (χ0) is 17.1. The second-order valence-corrected chi connectivity index (χ2v) is 5.00. The lowest BCUT2D eigenvalue weighted by Gasteiger charge is -2.17. The normalized spacial score (nSPS) is 13.0. The van der Waals surface area contributed by atoms with Crippen LogP contribution in [0, 0.1) is 5.21 Å². The lowest BCUT2D eigenvalue weighted by atomic mass is 10.1. The van der Waals surface area contributed by atoms with Crippen molar-refractivity contribution >= 4 is 35.7 Å². The first-order valence-corrected chi connectivity index (χ1v) is 7.15. The summed E-state index contributed by atoms with van der Waals surface area (Å²) in [6, 6.07) is -2.31. The molecule has 0 radical (unpaired) electrons. The van der Waals surface area contributed by atoms with Crippen LogP contribution < -0.4 is 21.3 Å². The van der Waals surface area contributed by atoms with E-state index in [1.807, 2.05) is 0 Å². The molecule has 0 saturated carbocycles. The smallest absolute Gasteiger partial charge is 0.322 e. The van der Waals surface area contributed by atoms with Crippen LogP contribution in [0.3, 0.4) is 0 Å². The molecule has 2 amide bonds. The number of aliphatic carboxylic acids is 2. The van der Waals surface area contributed by atoms with Crippen LogP contribution in [0.2, 0.25) is 0 Å². The molecule has 8 N–H and O–H groups in total. The molecule has 0 saturated heterocycles. The molecular weight excluding hydrogens is 320 g/mol. The lowest BCUT2D eigenvalue weighted by molar-refractivity contribution is -0.397. The van der Waals surface area contributed by atoms with Crippen molar-refractivity contribution in [1.29, 1.82) is 0 Å². The summed E-state index contributed by atoms with van der Waals surface area (Å²) in [5.41, 5.74) is 5.24. The summed E-state index contributed by atoms with van der Waals surface area (Å²) in [5.74, 6) is -3.97. The molecule has 0 fully saturated rings. The predicted octanol–water partition coefficient (Wildman–Crippen LogP) is -3.43. The van der Waals surface area contributed by atoms with E-state index in [1.54, 1.807) is 0 Å². The van der Waals surface area contributed by atoms with Crippen LogP contribution >= 0.6 is 11.9 Å². The third-order valence-corrected chi connectivity index (χ3v) is 3.06. The van der Waals surface area contributed by atoms with Gasteiger partial charge in [0.1, 0.15) is 18.6 Å². The van der Waals surface area contributed by atoms with E-state index in [0.717, 1.165) is 11.9 Å². The highest BCUT2D eigenvalue weighted by atomic mass is 32.2. The largest absolute Gasteiger partial charge is 0.623 e. The van der Waals surface area contributed by atoms with Crippen molar-refractivity contribution in [2.75, 3.05) is 12.3 Å². The Morgan fingerprint density at radius 1 is 1.27 bits per heavy atom. The molecule has 0 aliphatic carbocycles. The van der Waals surface area contributed by atoms with Crippen LogP contribution in [-0.2, 0) is 19.2 Å². The minimum atomic E-state index is -1.26. The number of carboxylic acid groups (broad SMARTS) is 2. The van der Waals surface area contributed by atoms with E-state index in [2.05, 4.69) is 10.6 Å². The van der Waals surface area contributed by atoms with Gasteiger partial charge in [-0.3, -0.25) is 19.2 Å². The number of nitrogens with two attached hydrogens (primary N) is 2. The Labute approximate surface area is 129 Å². The summed E-state index contributed by atoms with van der Waals surface area (Å²) < 4.78 is 0. The molecule has 0 spiro atoms. The first-order chi connectivity index (χ1) is 10.3. The van der Waals surface area contributed by atoms with Crippen molar-refractivity contribution in [2.45, 2.75) is 24.9 Å². The highest BCUT2D eigenvalue weighted by Gasteiger charge is 2.23. The Hall–Kier alpha value is -1.89. The maximum absolute atomic E-state index is 11.7.